The standard InChI is InChI=1S/C19H25N3O2/c1-5-14-17-18(13-9-7-8-10-15(13)20-14)22(12-19(3,4)23)16(21-17)11-24-6-2/h7-10,23H,5-6,11-12H2,1-4H3. The fourth-order valence-corrected chi connectivity index (χ4v) is 3.05. The maximum atomic E-state index is 10.4. The molecule has 5 heteroatoms. The van der Waals surface area contributed by atoms with Crippen molar-refractivity contribution in [3.05, 3.63) is 35.8 Å². The monoisotopic (exact) mass is 327 g/mol. The lowest BCUT2D eigenvalue weighted by atomic mass is 10.1. The molecule has 0 unspecified atom stereocenters. The fourth-order valence-electron chi connectivity index (χ4n) is 3.05. The first-order valence-electron chi connectivity index (χ1n) is 8.51. The van der Waals surface area contributed by atoms with Crippen LogP contribution in [-0.2, 0) is 24.3 Å². The molecule has 0 amide bonds. The zero-order chi connectivity index (χ0) is 17.3. The normalized spacial score (nSPS) is 12.4. The van der Waals surface area contributed by atoms with Crippen LogP contribution in [0.1, 0.15) is 39.2 Å². The fraction of sp³-hybridized carbons (Fsp3) is 0.474. The highest BCUT2D eigenvalue weighted by atomic mass is 16.5. The van der Waals surface area contributed by atoms with Crippen molar-refractivity contribution in [2.75, 3.05) is 6.61 Å². The van der Waals surface area contributed by atoms with Crippen LogP contribution in [0.15, 0.2) is 24.3 Å². The minimum atomic E-state index is -0.842. The van der Waals surface area contributed by atoms with Gasteiger partial charge in [-0.3, -0.25) is 4.98 Å². The van der Waals surface area contributed by atoms with Crippen molar-refractivity contribution in [2.45, 2.75) is 52.9 Å². The van der Waals surface area contributed by atoms with Gasteiger partial charge in [-0.1, -0.05) is 25.1 Å². The quantitative estimate of drug-likeness (QED) is 0.753. The van der Waals surface area contributed by atoms with E-state index >= 15 is 0 Å². The number of aryl methyl sites for hydroxylation is 1. The summed E-state index contributed by atoms with van der Waals surface area (Å²) < 4.78 is 7.70. The number of hydrogen-bond donors (Lipinski definition) is 1. The van der Waals surface area contributed by atoms with Crippen LogP contribution in [0.25, 0.3) is 21.9 Å². The van der Waals surface area contributed by atoms with Crippen molar-refractivity contribution in [2.24, 2.45) is 0 Å². The molecule has 3 rings (SSSR count). The van der Waals surface area contributed by atoms with Gasteiger partial charge in [0.25, 0.3) is 0 Å². The van der Waals surface area contributed by atoms with Crippen molar-refractivity contribution in [3.63, 3.8) is 0 Å². The topological polar surface area (TPSA) is 60.2 Å². The number of aromatic nitrogens is 3. The van der Waals surface area contributed by atoms with E-state index in [-0.39, 0.29) is 0 Å². The average Bonchev–Trinajstić information content (AvgIpc) is 2.89. The van der Waals surface area contributed by atoms with Crippen LogP contribution in [0.4, 0.5) is 0 Å². The van der Waals surface area contributed by atoms with Crippen LogP contribution in [0.3, 0.4) is 0 Å². The highest BCUT2D eigenvalue weighted by molar-refractivity contribution is 6.03. The summed E-state index contributed by atoms with van der Waals surface area (Å²) in [6.45, 7) is 9.21. The molecule has 0 spiro atoms. The van der Waals surface area contributed by atoms with E-state index in [0.717, 1.165) is 39.9 Å². The van der Waals surface area contributed by atoms with E-state index in [1.54, 1.807) is 0 Å². The van der Waals surface area contributed by atoms with E-state index < -0.39 is 5.60 Å². The van der Waals surface area contributed by atoms with Crippen molar-refractivity contribution >= 4 is 21.9 Å². The van der Waals surface area contributed by atoms with Crippen LogP contribution in [0.2, 0.25) is 0 Å². The van der Waals surface area contributed by atoms with Crippen molar-refractivity contribution in [1.82, 2.24) is 14.5 Å². The molecule has 0 fully saturated rings. The van der Waals surface area contributed by atoms with E-state index in [1.807, 2.05) is 39.0 Å². The Morgan fingerprint density at radius 1 is 1.17 bits per heavy atom. The molecule has 1 aromatic carbocycles. The number of rotatable bonds is 6. The van der Waals surface area contributed by atoms with Gasteiger partial charge in [-0.2, -0.15) is 0 Å². The van der Waals surface area contributed by atoms with Crippen molar-refractivity contribution in [3.8, 4) is 0 Å². The van der Waals surface area contributed by atoms with E-state index in [2.05, 4.69) is 17.6 Å². The first kappa shape index (κ1) is 16.9. The number of benzene rings is 1. The summed E-state index contributed by atoms with van der Waals surface area (Å²) >= 11 is 0. The molecular weight excluding hydrogens is 302 g/mol. The summed E-state index contributed by atoms with van der Waals surface area (Å²) in [5, 5.41) is 11.5. The Bertz CT molecular complexity index is 862. The predicted octanol–water partition coefficient (Wildman–Crippen LogP) is 3.45. The second-order valence-corrected chi connectivity index (χ2v) is 6.69. The Kier molecular flexibility index (Phi) is 4.56. The molecule has 5 nitrogen and oxygen atoms in total. The molecule has 0 saturated heterocycles. The number of imidazole rings is 1. The Morgan fingerprint density at radius 3 is 2.58 bits per heavy atom. The molecule has 0 saturated carbocycles. The minimum Gasteiger partial charge on any atom is -0.389 e. The molecule has 0 aliphatic carbocycles. The molecule has 128 valence electrons. The first-order valence-corrected chi connectivity index (χ1v) is 8.51. The van der Waals surface area contributed by atoms with E-state index in [4.69, 9.17) is 14.7 Å². The number of aliphatic hydroxyl groups is 1. The molecule has 0 bridgehead atoms. The molecule has 0 atom stereocenters. The lowest BCUT2D eigenvalue weighted by molar-refractivity contribution is 0.0582. The van der Waals surface area contributed by atoms with Gasteiger partial charge in [0.05, 0.1) is 28.9 Å². The van der Waals surface area contributed by atoms with Gasteiger partial charge < -0.3 is 14.4 Å². The Hall–Kier alpha value is -1.98. The largest absolute Gasteiger partial charge is 0.389 e. The molecular formula is C19H25N3O2. The third-order valence-corrected chi connectivity index (χ3v) is 4.05. The highest BCUT2D eigenvalue weighted by Gasteiger charge is 2.22. The highest BCUT2D eigenvalue weighted by Crippen LogP contribution is 2.29. The number of pyridine rings is 1. The number of fused-ring (bicyclic) bond motifs is 3. The van der Waals surface area contributed by atoms with Gasteiger partial charge in [-0.05, 0) is 33.3 Å². The summed E-state index contributed by atoms with van der Waals surface area (Å²) in [6, 6.07) is 8.10. The maximum Gasteiger partial charge on any atom is 0.136 e. The van der Waals surface area contributed by atoms with Crippen LogP contribution >= 0.6 is 0 Å². The van der Waals surface area contributed by atoms with Crippen molar-refractivity contribution < 1.29 is 9.84 Å². The number of hydrogen-bond acceptors (Lipinski definition) is 4. The molecule has 0 aliphatic heterocycles. The number of para-hydroxylation sites is 1. The second kappa shape index (κ2) is 6.49. The third kappa shape index (κ3) is 3.14. The molecule has 2 aromatic heterocycles. The van der Waals surface area contributed by atoms with Crippen LogP contribution < -0.4 is 0 Å². The first-order chi connectivity index (χ1) is 11.4. The van der Waals surface area contributed by atoms with E-state index in [0.29, 0.717) is 19.8 Å². The zero-order valence-corrected chi connectivity index (χ0v) is 14.8. The molecule has 24 heavy (non-hydrogen) atoms. The molecule has 1 N–H and O–H groups in total. The summed E-state index contributed by atoms with van der Waals surface area (Å²) in [7, 11) is 0. The van der Waals surface area contributed by atoms with Crippen LogP contribution in [-0.4, -0.2) is 31.8 Å². The zero-order valence-electron chi connectivity index (χ0n) is 14.8. The predicted molar refractivity (Wildman–Crippen MR) is 96.0 cm³/mol. The number of ether oxygens (including phenoxy) is 1. The van der Waals surface area contributed by atoms with Gasteiger partial charge in [0.1, 0.15) is 17.9 Å². The Labute approximate surface area is 142 Å². The van der Waals surface area contributed by atoms with Gasteiger partial charge in [-0.15, -0.1) is 0 Å². The summed E-state index contributed by atoms with van der Waals surface area (Å²) in [5.41, 5.74) is 3.05. The Balaban J connectivity index is 2.34. The lowest BCUT2D eigenvalue weighted by Crippen LogP contribution is -2.27. The third-order valence-electron chi connectivity index (χ3n) is 4.05. The smallest absolute Gasteiger partial charge is 0.136 e. The summed E-state index contributed by atoms with van der Waals surface area (Å²) in [6.07, 6.45) is 0.814. The van der Waals surface area contributed by atoms with Crippen molar-refractivity contribution in [1.29, 1.82) is 0 Å². The molecule has 0 radical (unpaired) electrons. The number of nitrogens with zero attached hydrogens (tertiary/aromatic N) is 3. The molecule has 3 aromatic rings. The van der Waals surface area contributed by atoms with Crippen LogP contribution in [0.5, 0.6) is 0 Å². The minimum absolute atomic E-state index is 0.429. The van der Waals surface area contributed by atoms with Gasteiger partial charge in [0.15, 0.2) is 0 Å². The maximum absolute atomic E-state index is 10.4. The summed E-state index contributed by atoms with van der Waals surface area (Å²) in [5.74, 6) is 0.835. The molecule has 2 heterocycles. The second-order valence-electron chi connectivity index (χ2n) is 6.69. The van der Waals surface area contributed by atoms with Gasteiger partial charge in [0.2, 0.25) is 0 Å². The average molecular weight is 327 g/mol. The van der Waals surface area contributed by atoms with E-state index in [9.17, 15) is 5.11 Å². The SMILES string of the molecule is CCOCc1nc2c(CC)nc3ccccc3c2n1CC(C)(C)O. The van der Waals surface area contributed by atoms with Gasteiger partial charge >= 0.3 is 0 Å². The summed E-state index contributed by atoms with van der Waals surface area (Å²) in [4.78, 5) is 9.59. The molecule has 0 aliphatic rings. The Morgan fingerprint density at radius 2 is 1.92 bits per heavy atom. The lowest BCUT2D eigenvalue weighted by Gasteiger charge is -2.20. The van der Waals surface area contributed by atoms with Gasteiger partial charge in [0, 0.05) is 12.0 Å². The van der Waals surface area contributed by atoms with Gasteiger partial charge in [-0.25, -0.2) is 4.98 Å². The van der Waals surface area contributed by atoms with Crippen LogP contribution in [0, 0.1) is 0 Å². The van der Waals surface area contributed by atoms with E-state index in [1.165, 1.54) is 0 Å².